The summed E-state index contributed by atoms with van der Waals surface area (Å²) in [4.78, 5) is 4.96. The second-order valence-corrected chi connectivity index (χ2v) is 4.55. The molecule has 0 saturated carbocycles. The summed E-state index contributed by atoms with van der Waals surface area (Å²) in [7, 11) is 3.94. The first-order valence-corrected chi connectivity index (χ1v) is 6.23. The highest BCUT2D eigenvalue weighted by Gasteiger charge is 2.09. The maximum atomic E-state index is 5.06. The van der Waals surface area contributed by atoms with Crippen LogP contribution in [0.4, 0.5) is 0 Å². The number of ether oxygens (including phenoxy) is 1. The van der Waals surface area contributed by atoms with Crippen molar-refractivity contribution in [3.8, 4) is 0 Å². The number of likely N-dealkylation sites (N-methyl/N-ethyl adjacent to an activating group) is 1. The monoisotopic (exact) mass is 214 g/mol. The Balaban J connectivity index is 1.94. The maximum Gasteiger partial charge on any atom is 0.0589 e. The molecule has 3 nitrogen and oxygen atoms in total. The van der Waals surface area contributed by atoms with Crippen molar-refractivity contribution in [2.75, 3.05) is 53.5 Å². The zero-order valence-electron chi connectivity index (χ0n) is 10.4. The van der Waals surface area contributed by atoms with Gasteiger partial charge in [0.2, 0.25) is 0 Å². The molecular weight excluding hydrogens is 188 g/mol. The summed E-state index contributed by atoms with van der Waals surface area (Å²) in [5, 5.41) is 0. The second-order valence-electron chi connectivity index (χ2n) is 4.55. The van der Waals surface area contributed by atoms with Crippen LogP contribution in [-0.4, -0.2) is 63.3 Å². The Morgan fingerprint density at radius 2 is 1.87 bits per heavy atom. The highest BCUT2D eigenvalue weighted by Crippen LogP contribution is 2.08. The molecule has 0 aliphatic carbocycles. The third-order valence-electron chi connectivity index (χ3n) is 3.14. The van der Waals surface area contributed by atoms with Gasteiger partial charge in [0, 0.05) is 13.7 Å². The van der Waals surface area contributed by atoms with Gasteiger partial charge in [0.25, 0.3) is 0 Å². The number of rotatable bonds is 7. The first kappa shape index (κ1) is 12.9. The van der Waals surface area contributed by atoms with Crippen molar-refractivity contribution in [1.82, 2.24) is 9.80 Å². The minimum atomic E-state index is 0.847. The van der Waals surface area contributed by atoms with Gasteiger partial charge in [-0.3, -0.25) is 0 Å². The highest BCUT2D eigenvalue weighted by molar-refractivity contribution is 4.65. The van der Waals surface area contributed by atoms with Gasteiger partial charge in [-0.25, -0.2) is 0 Å². The number of methoxy groups -OCH3 is 1. The van der Waals surface area contributed by atoms with Crippen LogP contribution in [0.25, 0.3) is 0 Å². The van der Waals surface area contributed by atoms with Gasteiger partial charge < -0.3 is 14.5 Å². The molecule has 1 saturated heterocycles. The number of hydrogen-bond acceptors (Lipinski definition) is 3. The normalized spacial score (nSPS) is 18.6. The van der Waals surface area contributed by atoms with Crippen LogP contribution < -0.4 is 0 Å². The lowest BCUT2D eigenvalue weighted by Crippen LogP contribution is -2.33. The van der Waals surface area contributed by atoms with Crippen molar-refractivity contribution in [2.45, 2.75) is 25.7 Å². The lowest BCUT2D eigenvalue weighted by molar-refractivity contribution is 0.155. The minimum Gasteiger partial charge on any atom is -0.383 e. The molecule has 0 aromatic rings. The molecule has 1 fully saturated rings. The lowest BCUT2D eigenvalue weighted by atomic mass is 10.1. The fourth-order valence-corrected chi connectivity index (χ4v) is 2.11. The maximum absolute atomic E-state index is 5.06. The molecule has 0 amide bonds. The third-order valence-corrected chi connectivity index (χ3v) is 3.14. The quantitative estimate of drug-likeness (QED) is 0.638. The molecule has 0 aromatic carbocycles. The van der Waals surface area contributed by atoms with Gasteiger partial charge in [-0.05, 0) is 52.5 Å². The summed E-state index contributed by atoms with van der Waals surface area (Å²) in [5.41, 5.74) is 0. The number of nitrogens with zero attached hydrogens (tertiary/aromatic N) is 2. The van der Waals surface area contributed by atoms with Crippen LogP contribution in [0.5, 0.6) is 0 Å². The van der Waals surface area contributed by atoms with E-state index in [1.54, 1.807) is 7.11 Å². The zero-order valence-corrected chi connectivity index (χ0v) is 10.4. The SMILES string of the molecule is COCCN(C)CCCN1CCCCC1. The van der Waals surface area contributed by atoms with Gasteiger partial charge >= 0.3 is 0 Å². The fourth-order valence-electron chi connectivity index (χ4n) is 2.11. The molecule has 1 rings (SSSR count). The first-order chi connectivity index (χ1) is 7.33. The largest absolute Gasteiger partial charge is 0.383 e. The second kappa shape index (κ2) is 8.08. The molecule has 0 aromatic heterocycles. The van der Waals surface area contributed by atoms with E-state index in [-0.39, 0.29) is 0 Å². The Labute approximate surface area is 94.4 Å². The van der Waals surface area contributed by atoms with Crippen molar-refractivity contribution < 1.29 is 4.74 Å². The molecular formula is C12H26N2O. The van der Waals surface area contributed by atoms with Crippen LogP contribution >= 0.6 is 0 Å². The average molecular weight is 214 g/mol. The van der Waals surface area contributed by atoms with Crippen molar-refractivity contribution in [2.24, 2.45) is 0 Å². The molecule has 0 radical (unpaired) electrons. The molecule has 0 unspecified atom stereocenters. The Bertz CT molecular complexity index is 147. The van der Waals surface area contributed by atoms with Crippen LogP contribution in [0.2, 0.25) is 0 Å². The zero-order chi connectivity index (χ0) is 10.9. The summed E-state index contributed by atoms with van der Waals surface area (Å²) in [6.07, 6.45) is 5.53. The lowest BCUT2D eigenvalue weighted by Gasteiger charge is -2.27. The summed E-state index contributed by atoms with van der Waals surface area (Å²) in [6, 6.07) is 0. The predicted octanol–water partition coefficient (Wildman–Crippen LogP) is 1.44. The summed E-state index contributed by atoms with van der Waals surface area (Å²) in [6.45, 7) is 7.01. The molecule has 15 heavy (non-hydrogen) atoms. The van der Waals surface area contributed by atoms with Crippen molar-refractivity contribution in [1.29, 1.82) is 0 Å². The molecule has 1 aliphatic rings. The number of piperidine rings is 1. The van der Waals surface area contributed by atoms with Crippen molar-refractivity contribution >= 4 is 0 Å². The van der Waals surface area contributed by atoms with Gasteiger partial charge in [-0.15, -0.1) is 0 Å². The van der Waals surface area contributed by atoms with Gasteiger partial charge in [-0.1, -0.05) is 6.42 Å². The fraction of sp³-hybridized carbons (Fsp3) is 1.00. The van der Waals surface area contributed by atoms with Crippen LogP contribution in [0, 0.1) is 0 Å². The van der Waals surface area contributed by atoms with E-state index in [1.165, 1.54) is 51.9 Å². The van der Waals surface area contributed by atoms with Crippen LogP contribution in [0.15, 0.2) is 0 Å². The minimum absolute atomic E-state index is 0.847. The topological polar surface area (TPSA) is 15.7 Å². The Morgan fingerprint density at radius 1 is 1.13 bits per heavy atom. The molecule has 0 spiro atoms. The van der Waals surface area contributed by atoms with E-state index < -0.39 is 0 Å². The average Bonchev–Trinajstić information content (AvgIpc) is 2.28. The van der Waals surface area contributed by atoms with Crippen LogP contribution in [-0.2, 0) is 4.74 Å². The van der Waals surface area contributed by atoms with Gasteiger partial charge in [0.1, 0.15) is 0 Å². The number of hydrogen-bond donors (Lipinski definition) is 0. The van der Waals surface area contributed by atoms with E-state index in [0.29, 0.717) is 0 Å². The van der Waals surface area contributed by atoms with Gasteiger partial charge in [0.05, 0.1) is 6.61 Å². The van der Waals surface area contributed by atoms with Crippen LogP contribution in [0.1, 0.15) is 25.7 Å². The molecule has 90 valence electrons. The van der Waals surface area contributed by atoms with Crippen molar-refractivity contribution in [3.63, 3.8) is 0 Å². The van der Waals surface area contributed by atoms with Crippen LogP contribution in [0.3, 0.4) is 0 Å². The first-order valence-electron chi connectivity index (χ1n) is 6.23. The van der Waals surface area contributed by atoms with E-state index >= 15 is 0 Å². The molecule has 1 heterocycles. The summed E-state index contributed by atoms with van der Waals surface area (Å²) in [5.74, 6) is 0. The van der Waals surface area contributed by atoms with Crippen molar-refractivity contribution in [3.05, 3.63) is 0 Å². The highest BCUT2D eigenvalue weighted by atomic mass is 16.5. The summed E-state index contributed by atoms with van der Waals surface area (Å²) >= 11 is 0. The van der Waals surface area contributed by atoms with E-state index in [2.05, 4.69) is 16.8 Å². The van der Waals surface area contributed by atoms with E-state index in [1.807, 2.05) is 0 Å². The standard InChI is InChI=1S/C12H26N2O/c1-13(11-12-15-2)7-6-10-14-8-4-3-5-9-14/h3-12H2,1-2H3. The molecule has 0 bridgehead atoms. The van der Waals surface area contributed by atoms with E-state index in [0.717, 1.165) is 13.2 Å². The molecule has 3 heteroatoms. The molecule has 0 atom stereocenters. The Kier molecular flexibility index (Phi) is 6.98. The number of likely N-dealkylation sites (tertiary alicyclic amines) is 1. The summed E-state index contributed by atoms with van der Waals surface area (Å²) < 4.78 is 5.06. The predicted molar refractivity (Wildman–Crippen MR) is 64.3 cm³/mol. The Morgan fingerprint density at radius 3 is 2.53 bits per heavy atom. The molecule has 0 N–H and O–H groups in total. The third kappa shape index (κ3) is 6.13. The Hall–Kier alpha value is -0.120. The molecule has 1 aliphatic heterocycles. The van der Waals surface area contributed by atoms with E-state index in [4.69, 9.17) is 4.74 Å². The van der Waals surface area contributed by atoms with E-state index in [9.17, 15) is 0 Å². The van der Waals surface area contributed by atoms with Gasteiger partial charge in [-0.2, -0.15) is 0 Å². The smallest absolute Gasteiger partial charge is 0.0589 e. The van der Waals surface area contributed by atoms with Gasteiger partial charge in [0.15, 0.2) is 0 Å².